The number of hydrogen-bond donors (Lipinski definition) is 1. The summed E-state index contributed by atoms with van der Waals surface area (Å²) in [5.74, 6) is 0.713. The van der Waals surface area contributed by atoms with Gasteiger partial charge in [0.05, 0.1) is 5.39 Å². The van der Waals surface area contributed by atoms with Crippen molar-refractivity contribution in [1.82, 2.24) is 5.32 Å². The molecule has 0 radical (unpaired) electrons. The third-order valence-electron chi connectivity index (χ3n) is 4.46. The fourth-order valence-electron chi connectivity index (χ4n) is 2.97. The summed E-state index contributed by atoms with van der Waals surface area (Å²) in [4.78, 5) is 24.5. The highest BCUT2D eigenvalue weighted by atomic mass is 16.5. The summed E-state index contributed by atoms with van der Waals surface area (Å²) in [7, 11) is 0. The first kappa shape index (κ1) is 18.5. The normalized spacial score (nSPS) is 10.6. The first-order chi connectivity index (χ1) is 14.2. The monoisotopic (exact) mass is 385 g/mol. The van der Waals surface area contributed by atoms with Crippen molar-refractivity contribution in [2.45, 2.75) is 6.54 Å². The van der Waals surface area contributed by atoms with E-state index in [-0.39, 0.29) is 17.9 Å². The zero-order valence-corrected chi connectivity index (χ0v) is 15.6. The Kier molecular flexibility index (Phi) is 5.38. The lowest BCUT2D eigenvalue weighted by Crippen LogP contribution is -2.28. The predicted octanol–water partition coefficient (Wildman–Crippen LogP) is 4.16. The molecule has 1 aromatic heterocycles. The molecule has 4 aromatic rings. The van der Waals surface area contributed by atoms with Crippen LogP contribution in [0.25, 0.3) is 22.3 Å². The van der Waals surface area contributed by atoms with Crippen LogP contribution in [-0.2, 0) is 11.3 Å². The topological polar surface area (TPSA) is 68.5 Å². The molecule has 1 amide bonds. The molecule has 1 N–H and O–H groups in total. The Labute approximate surface area is 167 Å². The Bertz CT molecular complexity index is 1180. The average Bonchev–Trinajstić information content (AvgIpc) is 2.77. The van der Waals surface area contributed by atoms with E-state index in [2.05, 4.69) is 5.32 Å². The maximum Gasteiger partial charge on any atom is 0.258 e. The van der Waals surface area contributed by atoms with Crippen LogP contribution in [0, 0.1) is 0 Å². The third kappa shape index (κ3) is 4.52. The summed E-state index contributed by atoms with van der Waals surface area (Å²) in [6.07, 6.45) is 0. The molecule has 0 aliphatic rings. The van der Waals surface area contributed by atoms with Gasteiger partial charge in [-0.1, -0.05) is 60.7 Å². The van der Waals surface area contributed by atoms with Gasteiger partial charge in [-0.25, -0.2) is 0 Å². The van der Waals surface area contributed by atoms with Gasteiger partial charge in [0.2, 0.25) is 0 Å². The highest BCUT2D eigenvalue weighted by molar-refractivity contribution is 5.81. The minimum absolute atomic E-state index is 0.133. The molecular weight excluding hydrogens is 366 g/mol. The van der Waals surface area contributed by atoms with E-state index in [0.717, 1.165) is 11.1 Å². The number of amides is 1. The Morgan fingerprint density at radius 1 is 0.897 bits per heavy atom. The molecule has 144 valence electrons. The molecule has 0 aliphatic carbocycles. The second-order valence-electron chi connectivity index (χ2n) is 6.55. The summed E-state index contributed by atoms with van der Waals surface area (Å²) in [5.41, 5.74) is 2.15. The second kappa shape index (κ2) is 8.44. The lowest BCUT2D eigenvalue weighted by Gasteiger charge is -2.09. The molecule has 3 aromatic carbocycles. The highest BCUT2D eigenvalue weighted by Crippen LogP contribution is 2.24. The molecule has 0 spiro atoms. The van der Waals surface area contributed by atoms with Crippen LogP contribution in [0.4, 0.5) is 0 Å². The fourth-order valence-corrected chi connectivity index (χ4v) is 2.97. The van der Waals surface area contributed by atoms with Crippen LogP contribution in [0.3, 0.4) is 0 Å². The van der Waals surface area contributed by atoms with E-state index >= 15 is 0 Å². The number of hydrogen-bond acceptors (Lipinski definition) is 4. The first-order valence-electron chi connectivity index (χ1n) is 9.26. The van der Waals surface area contributed by atoms with E-state index in [1.807, 2.05) is 60.7 Å². The maximum atomic E-state index is 12.5. The number of ether oxygens (including phenoxy) is 1. The summed E-state index contributed by atoms with van der Waals surface area (Å²) in [6, 6.07) is 25.5. The van der Waals surface area contributed by atoms with Gasteiger partial charge >= 0.3 is 0 Å². The smallest absolute Gasteiger partial charge is 0.258 e. The number of carbonyl (C=O) groups is 1. The van der Waals surface area contributed by atoms with Gasteiger partial charge in [-0.3, -0.25) is 9.59 Å². The summed E-state index contributed by atoms with van der Waals surface area (Å²) < 4.78 is 11.4. The molecule has 4 rings (SSSR count). The van der Waals surface area contributed by atoms with Crippen LogP contribution >= 0.6 is 0 Å². The molecule has 0 atom stereocenters. The van der Waals surface area contributed by atoms with E-state index in [1.54, 1.807) is 18.2 Å². The quantitative estimate of drug-likeness (QED) is 0.541. The van der Waals surface area contributed by atoms with Gasteiger partial charge in [-0.05, 0) is 23.8 Å². The minimum Gasteiger partial charge on any atom is -0.484 e. The van der Waals surface area contributed by atoms with Crippen molar-refractivity contribution < 1.29 is 13.9 Å². The van der Waals surface area contributed by atoms with E-state index in [9.17, 15) is 9.59 Å². The molecule has 0 saturated heterocycles. The zero-order valence-electron chi connectivity index (χ0n) is 15.6. The highest BCUT2D eigenvalue weighted by Gasteiger charge is 2.09. The predicted molar refractivity (Wildman–Crippen MR) is 112 cm³/mol. The lowest BCUT2D eigenvalue weighted by molar-refractivity contribution is -0.123. The number of benzene rings is 3. The molecule has 1 heterocycles. The number of rotatable bonds is 6. The second-order valence-corrected chi connectivity index (χ2v) is 6.55. The molecule has 0 unspecified atom stereocenters. The van der Waals surface area contributed by atoms with Crippen molar-refractivity contribution >= 4 is 16.9 Å². The lowest BCUT2D eigenvalue weighted by atomic mass is 10.1. The van der Waals surface area contributed by atoms with Crippen molar-refractivity contribution in [2.75, 3.05) is 6.61 Å². The van der Waals surface area contributed by atoms with Gasteiger partial charge < -0.3 is 14.5 Å². The standard InChI is InChI=1S/C24H19NO4/c26-21-14-23(18-9-5-2-6-10-18)29-22-12-11-19(13-20(21)22)28-16-24(27)25-15-17-7-3-1-4-8-17/h1-14H,15-16H2,(H,25,27). The molecule has 0 fully saturated rings. The Hall–Kier alpha value is -3.86. The minimum atomic E-state index is -0.236. The Morgan fingerprint density at radius 2 is 1.62 bits per heavy atom. The van der Waals surface area contributed by atoms with Crippen LogP contribution in [0.2, 0.25) is 0 Å². The molecule has 0 saturated carbocycles. The SMILES string of the molecule is O=C(COc1ccc2oc(-c3ccccc3)cc(=O)c2c1)NCc1ccccc1. The largest absolute Gasteiger partial charge is 0.484 e. The average molecular weight is 385 g/mol. The first-order valence-corrected chi connectivity index (χ1v) is 9.26. The molecule has 29 heavy (non-hydrogen) atoms. The molecule has 0 aliphatic heterocycles. The van der Waals surface area contributed by atoms with Gasteiger partial charge in [-0.15, -0.1) is 0 Å². The maximum absolute atomic E-state index is 12.5. The van der Waals surface area contributed by atoms with E-state index in [1.165, 1.54) is 6.07 Å². The van der Waals surface area contributed by atoms with Crippen LogP contribution in [-0.4, -0.2) is 12.5 Å². The van der Waals surface area contributed by atoms with Gasteiger partial charge in [0.15, 0.2) is 12.0 Å². The van der Waals surface area contributed by atoms with Gasteiger partial charge in [-0.2, -0.15) is 0 Å². The summed E-state index contributed by atoms with van der Waals surface area (Å²) in [6.45, 7) is 0.304. The fraction of sp³-hybridized carbons (Fsp3) is 0.0833. The molecule has 5 heteroatoms. The molecule has 0 bridgehead atoms. The van der Waals surface area contributed by atoms with E-state index < -0.39 is 0 Å². The number of nitrogens with one attached hydrogen (secondary N) is 1. The van der Waals surface area contributed by atoms with Crippen molar-refractivity contribution in [3.63, 3.8) is 0 Å². The van der Waals surface area contributed by atoms with Crippen LogP contribution in [0.5, 0.6) is 5.75 Å². The van der Waals surface area contributed by atoms with Crippen molar-refractivity contribution in [1.29, 1.82) is 0 Å². The van der Waals surface area contributed by atoms with Crippen molar-refractivity contribution in [2.24, 2.45) is 0 Å². The molecule has 5 nitrogen and oxygen atoms in total. The number of carbonyl (C=O) groups excluding carboxylic acids is 1. The van der Waals surface area contributed by atoms with E-state index in [4.69, 9.17) is 9.15 Å². The van der Waals surface area contributed by atoms with Gasteiger partial charge in [0, 0.05) is 18.2 Å². The van der Waals surface area contributed by atoms with Crippen molar-refractivity contribution in [3.05, 3.63) is 101 Å². The number of fused-ring (bicyclic) bond motifs is 1. The molecular formula is C24H19NO4. The van der Waals surface area contributed by atoms with Crippen molar-refractivity contribution in [3.8, 4) is 17.1 Å². The van der Waals surface area contributed by atoms with E-state index in [0.29, 0.717) is 29.0 Å². The Balaban J connectivity index is 1.44. The van der Waals surface area contributed by atoms with Crippen LogP contribution in [0.1, 0.15) is 5.56 Å². The van der Waals surface area contributed by atoms with Gasteiger partial charge in [0.1, 0.15) is 17.1 Å². The summed E-state index contributed by atoms with van der Waals surface area (Å²) in [5, 5.41) is 3.21. The van der Waals surface area contributed by atoms with Gasteiger partial charge in [0.25, 0.3) is 5.91 Å². The van der Waals surface area contributed by atoms with Crippen LogP contribution in [0.15, 0.2) is 94.1 Å². The van der Waals surface area contributed by atoms with Crippen LogP contribution < -0.4 is 15.5 Å². The third-order valence-corrected chi connectivity index (χ3v) is 4.46. The summed E-state index contributed by atoms with van der Waals surface area (Å²) >= 11 is 0. The zero-order chi connectivity index (χ0) is 20.1. The Morgan fingerprint density at radius 3 is 2.38 bits per heavy atom.